The van der Waals surface area contributed by atoms with Crippen LogP contribution in [0.3, 0.4) is 0 Å². The van der Waals surface area contributed by atoms with Crippen molar-refractivity contribution in [3.63, 3.8) is 0 Å². The van der Waals surface area contributed by atoms with Crippen LogP contribution in [0.1, 0.15) is 28.9 Å². The first kappa shape index (κ1) is 18.5. The zero-order valence-electron chi connectivity index (χ0n) is 15.6. The smallest absolute Gasteiger partial charge is 0.255 e. The Labute approximate surface area is 159 Å². The van der Waals surface area contributed by atoms with Crippen LogP contribution in [0.2, 0.25) is 0 Å². The van der Waals surface area contributed by atoms with Crippen LogP contribution in [0.15, 0.2) is 72.9 Å². The Balaban J connectivity index is 1.68. The highest BCUT2D eigenvalue weighted by Gasteiger charge is 2.19. The van der Waals surface area contributed by atoms with Crippen LogP contribution >= 0.6 is 0 Å². The van der Waals surface area contributed by atoms with E-state index in [1.54, 1.807) is 31.2 Å². The first-order valence-electron chi connectivity index (χ1n) is 8.68. The lowest BCUT2D eigenvalue weighted by molar-refractivity contribution is 0.0742. The Hall–Kier alpha value is -3.34. The van der Waals surface area contributed by atoms with Crippen LogP contribution in [-0.2, 0) is 0 Å². The van der Waals surface area contributed by atoms with E-state index in [1.807, 2.05) is 61.5 Å². The minimum atomic E-state index is -0.0999. The first-order valence-corrected chi connectivity index (χ1v) is 8.68. The van der Waals surface area contributed by atoms with Gasteiger partial charge in [0.05, 0.1) is 18.7 Å². The summed E-state index contributed by atoms with van der Waals surface area (Å²) >= 11 is 0. The average Bonchev–Trinajstić information content (AvgIpc) is 2.73. The van der Waals surface area contributed by atoms with Crippen molar-refractivity contribution >= 4 is 5.91 Å². The fourth-order valence-corrected chi connectivity index (χ4v) is 2.66. The summed E-state index contributed by atoms with van der Waals surface area (Å²) in [6, 6.07) is 20.5. The highest BCUT2D eigenvalue weighted by Crippen LogP contribution is 2.24. The maximum absolute atomic E-state index is 12.8. The van der Waals surface area contributed by atoms with E-state index in [0.717, 1.165) is 11.3 Å². The Bertz CT molecular complexity index is 878. The molecule has 0 saturated heterocycles. The fourth-order valence-electron chi connectivity index (χ4n) is 2.66. The lowest BCUT2D eigenvalue weighted by Crippen LogP contribution is -2.29. The van der Waals surface area contributed by atoms with Crippen LogP contribution in [0.4, 0.5) is 0 Å². The van der Waals surface area contributed by atoms with Gasteiger partial charge in [-0.1, -0.05) is 30.3 Å². The molecule has 0 aliphatic rings. The van der Waals surface area contributed by atoms with Gasteiger partial charge in [0.25, 0.3) is 5.91 Å². The number of aromatic nitrogens is 1. The average molecular weight is 362 g/mol. The molecule has 0 bridgehead atoms. The van der Waals surface area contributed by atoms with E-state index < -0.39 is 0 Å². The van der Waals surface area contributed by atoms with Gasteiger partial charge in [0.2, 0.25) is 5.88 Å². The van der Waals surface area contributed by atoms with Gasteiger partial charge >= 0.3 is 0 Å². The van der Waals surface area contributed by atoms with Gasteiger partial charge in [-0.25, -0.2) is 4.98 Å². The molecule has 1 heterocycles. The van der Waals surface area contributed by atoms with Gasteiger partial charge in [0.15, 0.2) is 0 Å². The number of hydrogen-bond acceptors (Lipinski definition) is 4. The van der Waals surface area contributed by atoms with Gasteiger partial charge in [0.1, 0.15) is 11.5 Å². The molecule has 27 heavy (non-hydrogen) atoms. The molecule has 3 rings (SSSR count). The number of methoxy groups -OCH3 is 1. The predicted octanol–water partition coefficient (Wildman–Crippen LogP) is 4.72. The molecular weight excluding hydrogens is 340 g/mol. The predicted molar refractivity (Wildman–Crippen MR) is 104 cm³/mol. The molecular formula is C22H22N2O3. The van der Waals surface area contributed by atoms with Crippen LogP contribution < -0.4 is 9.47 Å². The topological polar surface area (TPSA) is 51.7 Å². The van der Waals surface area contributed by atoms with Crippen LogP contribution in [0.5, 0.6) is 17.4 Å². The normalized spacial score (nSPS) is 11.5. The zero-order chi connectivity index (χ0) is 19.2. The minimum absolute atomic E-state index is 0.0800. The molecule has 5 heteroatoms. The summed E-state index contributed by atoms with van der Waals surface area (Å²) in [7, 11) is 3.41. The molecule has 1 atom stereocenters. The molecule has 138 valence electrons. The monoisotopic (exact) mass is 362 g/mol. The summed E-state index contributed by atoms with van der Waals surface area (Å²) < 4.78 is 10.8. The molecule has 1 amide bonds. The number of amides is 1. The highest BCUT2D eigenvalue weighted by molar-refractivity contribution is 5.94. The van der Waals surface area contributed by atoms with Crippen molar-refractivity contribution in [3.05, 3.63) is 84.1 Å². The molecule has 0 fully saturated rings. The summed E-state index contributed by atoms with van der Waals surface area (Å²) in [5.74, 6) is 1.84. The quantitative estimate of drug-likeness (QED) is 0.637. The summed E-state index contributed by atoms with van der Waals surface area (Å²) in [6.45, 7) is 1.99. The Morgan fingerprint density at radius 1 is 0.963 bits per heavy atom. The maximum Gasteiger partial charge on any atom is 0.255 e. The second kappa shape index (κ2) is 8.36. The second-order valence-electron chi connectivity index (χ2n) is 6.17. The summed E-state index contributed by atoms with van der Waals surface area (Å²) in [4.78, 5) is 18.7. The Kier molecular flexibility index (Phi) is 5.71. The first-order chi connectivity index (χ1) is 13.1. The van der Waals surface area contributed by atoms with Crippen molar-refractivity contribution < 1.29 is 14.3 Å². The number of nitrogens with zero attached hydrogens (tertiary/aromatic N) is 2. The number of benzene rings is 2. The fraction of sp³-hybridized carbons (Fsp3) is 0.182. The van der Waals surface area contributed by atoms with Crippen molar-refractivity contribution in [2.45, 2.75) is 13.0 Å². The molecule has 2 aromatic carbocycles. The van der Waals surface area contributed by atoms with Crippen molar-refractivity contribution in [2.24, 2.45) is 0 Å². The van der Waals surface area contributed by atoms with Gasteiger partial charge in [-0.2, -0.15) is 0 Å². The minimum Gasteiger partial charge on any atom is -0.497 e. The molecule has 5 nitrogen and oxygen atoms in total. The van der Waals surface area contributed by atoms with Gasteiger partial charge in [-0.05, 0) is 42.8 Å². The largest absolute Gasteiger partial charge is 0.497 e. The Morgan fingerprint density at radius 2 is 1.67 bits per heavy atom. The van der Waals surface area contributed by atoms with E-state index in [1.165, 1.54) is 6.20 Å². The zero-order valence-corrected chi connectivity index (χ0v) is 15.6. The molecule has 0 aliphatic carbocycles. The molecule has 0 N–H and O–H groups in total. The summed E-state index contributed by atoms with van der Waals surface area (Å²) in [5, 5.41) is 0. The lowest BCUT2D eigenvalue weighted by atomic mass is 10.1. The van der Waals surface area contributed by atoms with Gasteiger partial charge < -0.3 is 14.4 Å². The van der Waals surface area contributed by atoms with E-state index in [0.29, 0.717) is 17.2 Å². The number of hydrogen-bond donors (Lipinski definition) is 0. The van der Waals surface area contributed by atoms with E-state index in [2.05, 4.69) is 4.98 Å². The third kappa shape index (κ3) is 4.44. The standard InChI is InChI=1S/C22H22N2O3/c1-16(17-9-12-19(26-3)13-10-17)24(2)22(25)18-11-14-21(23-15-18)27-20-7-5-4-6-8-20/h4-16H,1-3H3. The maximum atomic E-state index is 12.8. The molecule has 0 radical (unpaired) electrons. The molecule has 1 aromatic heterocycles. The highest BCUT2D eigenvalue weighted by atomic mass is 16.5. The number of pyridine rings is 1. The van der Waals surface area contributed by atoms with Crippen molar-refractivity contribution in [1.82, 2.24) is 9.88 Å². The second-order valence-corrected chi connectivity index (χ2v) is 6.17. The lowest BCUT2D eigenvalue weighted by Gasteiger charge is -2.25. The van der Waals surface area contributed by atoms with Crippen molar-refractivity contribution in [3.8, 4) is 17.4 Å². The van der Waals surface area contributed by atoms with E-state index in [9.17, 15) is 4.79 Å². The van der Waals surface area contributed by atoms with Crippen molar-refractivity contribution in [2.75, 3.05) is 14.2 Å². The van der Waals surface area contributed by atoms with Gasteiger partial charge in [0, 0.05) is 19.3 Å². The molecule has 3 aromatic rings. The molecule has 1 unspecified atom stereocenters. The van der Waals surface area contributed by atoms with Gasteiger partial charge in [-0.3, -0.25) is 4.79 Å². The number of carbonyl (C=O) groups excluding carboxylic acids is 1. The summed E-state index contributed by atoms with van der Waals surface area (Å²) in [5.41, 5.74) is 1.54. The van der Waals surface area contributed by atoms with Crippen LogP contribution in [-0.4, -0.2) is 29.9 Å². The third-order valence-corrected chi connectivity index (χ3v) is 4.45. The van der Waals surface area contributed by atoms with E-state index in [-0.39, 0.29) is 11.9 Å². The number of carbonyl (C=O) groups is 1. The Morgan fingerprint density at radius 3 is 2.26 bits per heavy atom. The van der Waals surface area contributed by atoms with E-state index >= 15 is 0 Å². The van der Waals surface area contributed by atoms with Gasteiger partial charge in [-0.15, -0.1) is 0 Å². The van der Waals surface area contributed by atoms with E-state index in [4.69, 9.17) is 9.47 Å². The SMILES string of the molecule is COc1ccc(C(C)N(C)C(=O)c2ccc(Oc3ccccc3)nc2)cc1. The number of para-hydroxylation sites is 1. The molecule has 0 saturated carbocycles. The molecule has 0 spiro atoms. The summed E-state index contributed by atoms with van der Waals surface area (Å²) in [6.07, 6.45) is 1.54. The molecule has 0 aliphatic heterocycles. The number of ether oxygens (including phenoxy) is 2. The van der Waals surface area contributed by atoms with Crippen LogP contribution in [0, 0.1) is 0 Å². The number of rotatable bonds is 6. The van der Waals surface area contributed by atoms with Crippen molar-refractivity contribution in [1.29, 1.82) is 0 Å². The van der Waals surface area contributed by atoms with Crippen LogP contribution in [0.25, 0.3) is 0 Å². The third-order valence-electron chi connectivity index (χ3n) is 4.45.